The van der Waals surface area contributed by atoms with Crippen molar-refractivity contribution in [3.8, 4) is 11.8 Å². The van der Waals surface area contributed by atoms with E-state index in [2.05, 4.69) is 21.2 Å². The number of nitrogens with zero attached hydrogens (tertiary/aromatic N) is 2. The Morgan fingerprint density at radius 3 is 2.36 bits per heavy atom. The maximum Gasteiger partial charge on any atom is 0.335 e. The summed E-state index contributed by atoms with van der Waals surface area (Å²) in [5, 5.41) is 9.02. The van der Waals surface area contributed by atoms with Crippen LogP contribution in [0.1, 0.15) is 31.8 Å². The molecule has 0 fully saturated rings. The van der Waals surface area contributed by atoms with E-state index in [0.29, 0.717) is 16.0 Å². The van der Waals surface area contributed by atoms with E-state index in [4.69, 9.17) is 5.11 Å². The van der Waals surface area contributed by atoms with Crippen LogP contribution in [0.15, 0.2) is 82.3 Å². The van der Waals surface area contributed by atoms with Gasteiger partial charge in [0.25, 0.3) is 5.91 Å². The number of carbonyl (C=O) groups excluding carboxylic acids is 1. The van der Waals surface area contributed by atoms with Crippen molar-refractivity contribution in [2.75, 3.05) is 0 Å². The number of amides is 1. The summed E-state index contributed by atoms with van der Waals surface area (Å²) in [6, 6.07) is 16.2. The van der Waals surface area contributed by atoms with Crippen molar-refractivity contribution in [1.82, 2.24) is 4.98 Å². The van der Waals surface area contributed by atoms with Gasteiger partial charge in [-0.3, -0.25) is 9.78 Å². The van der Waals surface area contributed by atoms with E-state index in [0.717, 1.165) is 0 Å². The van der Waals surface area contributed by atoms with Crippen LogP contribution in [-0.4, -0.2) is 22.0 Å². The minimum Gasteiger partial charge on any atom is -0.478 e. The lowest BCUT2D eigenvalue weighted by molar-refractivity contribution is 0.0696. The summed E-state index contributed by atoms with van der Waals surface area (Å²) in [6.45, 7) is 0. The van der Waals surface area contributed by atoms with Gasteiger partial charge in [0.05, 0.1) is 11.1 Å². The Hall–Kier alpha value is -3.76. The van der Waals surface area contributed by atoms with Crippen molar-refractivity contribution in [1.29, 1.82) is 0 Å². The molecule has 2 aromatic carbocycles. The first kappa shape index (κ1) is 19.0. The summed E-state index contributed by atoms with van der Waals surface area (Å²) in [5.41, 5.74) is 1.27. The molecule has 1 heterocycles. The van der Waals surface area contributed by atoms with Crippen LogP contribution in [0.4, 0.5) is 0 Å². The molecule has 0 unspecified atom stereocenters. The second-order valence-corrected chi connectivity index (χ2v) is 6.71. The van der Waals surface area contributed by atoms with Gasteiger partial charge in [0.15, 0.2) is 0 Å². The zero-order valence-corrected chi connectivity index (χ0v) is 15.2. The Kier molecular flexibility index (Phi) is 5.94. The van der Waals surface area contributed by atoms with Crippen LogP contribution in [0.5, 0.6) is 0 Å². The van der Waals surface area contributed by atoms with Gasteiger partial charge in [-0.2, -0.15) is 10.6 Å². The van der Waals surface area contributed by atoms with Crippen molar-refractivity contribution in [3.05, 3.63) is 95.3 Å². The van der Waals surface area contributed by atoms with Crippen molar-refractivity contribution in [3.63, 3.8) is 0 Å². The van der Waals surface area contributed by atoms with E-state index in [9.17, 15) is 13.8 Å². The Labute approximate surface area is 163 Å². The SMILES string of the molecule is O=C(O)c1cccc(C#Cc2cncc(C(=O)N=[S-](=O)c3ccccc3)c2)c1. The predicted octanol–water partition coefficient (Wildman–Crippen LogP) is 3.53. The zero-order valence-electron chi connectivity index (χ0n) is 14.4. The molecule has 0 saturated heterocycles. The molecule has 1 amide bonds. The van der Waals surface area contributed by atoms with E-state index < -0.39 is 22.5 Å². The van der Waals surface area contributed by atoms with Crippen LogP contribution in [-0.2, 0) is 14.8 Å². The number of carbonyl (C=O) groups is 2. The first-order valence-electron chi connectivity index (χ1n) is 8.06. The summed E-state index contributed by atoms with van der Waals surface area (Å²) in [6.07, 6.45) is 2.79. The highest BCUT2D eigenvalue weighted by Crippen LogP contribution is 2.08. The maximum atomic E-state index is 12.3. The molecule has 0 aliphatic heterocycles. The van der Waals surface area contributed by atoms with E-state index >= 15 is 0 Å². The number of carboxylic acid groups (broad SMARTS) is 1. The standard InChI is InChI=1S/C21H13N2O4S/c24-20(23-28(27)19-7-2-1-3-8-19)18-12-16(13-22-14-18)10-9-15-5-4-6-17(11-15)21(25)26/h1-8,11-14H,(H,25,26)/q-1. The van der Waals surface area contributed by atoms with Crippen LogP contribution in [0.25, 0.3) is 0 Å². The molecule has 7 heteroatoms. The molecule has 6 nitrogen and oxygen atoms in total. The van der Waals surface area contributed by atoms with E-state index in [-0.39, 0.29) is 11.1 Å². The molecule has 0 atom stereocenters. The maximum absolute atomic E-state index is 12.3. The number of hydrogen-bond acceptors (Lipinski definition) is 5. The fourth-order valence-electron chi connectivity index (χ4n) is 2.22. The summed E-state index contributed by atoms with van der Waals surface area (Å²) < 4.78 is 15.8. The van der Waals surface area contributed by atoms with E-state index in [1.165, 1.54) is 30.6 Å². The molecule has 0 aliphatic rings. The van der Waals surface area contributed by atoms with Crippen LogP contribution in [0, 0.1) is 11.8 Å². The third-order valence-corrected chi connectivity index (χ3v) is 4.56. The highest BCUT2D eigenvalue weighted by atomic mass is 32.2. The lowest BCUT2D eigenvalue weighted by Crippen LogP contribution is -1.97. The summed E-state index contributed by atoms with van der Waals surface area (Å²) >= 11 is 0. The van der Waals surface area contributed by atoms with E-state index in [1.54, 1.807) is 42.5 Å². The molecule has 3 aromatic rings. The second-order valence-electron chi connectivity index (χ2n) is 5.56. The fourth-order valence-corrected chi connectivity index (χ4v) is 2.97. The van der Waals surface area contributed by atoms with Gasteiger partial charge in [0, 0.05) is 23.5 Å². The Morgan fingerprint density at radius 2 is 1.61 bits per heavy atom. The topological polar surface area (TPSA) is 96.7 Å². The first-order chi connectivity index (χ1) is 13.5. The van der Waals surface area contributed by atoms with Gasteiger partial charge < -0.3 is 13.7 Å². The van der Waals surface area contributed by atoms with Crippen molar-refractivity contribution >= 4 is 22.5 Å². The first-order valence-corrected chi connectivity index (χ1v) is 9.17. The van der Waals surface area contributed by atoms with Gasteiger partial charge in [-0.25, -0.2) is 4.79 Å². The molecule has 138 valence electrons. The van der Waals surface area contributed by atoms with Gasteiger partial charge in [-0.05, 0) is 24.3 Å². The fraction of sp³-hybridized carbons (Fsp3) is 0. The van der Waals surface area contributed by atoms with Crippen molar-refractivity contribution in [2.45, 2.75) is 4.90 Å². The second kappa shape index (κ2) is 8.75. The van der Waals surface area contributed by atoms with Crippen molar-refractivity contribution < 1.29 is 18.9 Å². The molecule has 1 N–H and O–H groups in total. The van der Waals surface area contributed by atoms with E-state index in [1.807, 2.05) is 0 Å². The molecule has 0 bridgehead atoms. The highest BCUT2D eigenvalue weighted by Gasteiger charge is 2.04. The number of pyridine rings is 1. The number of rotatable bonds is 3. The Balaban J connectivity index is 1.83. The normalized spacial score (nSPS) is 11.3. The predicted molar refractivity (Wildman–Crippen MR) is 103 cm³/mol. The molecule has 3 rings (SSSR count). The molecule has 0 radical (unpaired) electrons. The number of benzene rings is 2. The molecule has 28 heavy (non-hydrogen) atoms. The average Bonchev–Trinajstić information content (AvgIpc) is 2.73. The zero-order chi connectivity index (χ0) is 19.9. The molecular weight excluding hydrogens is 376 g/mol. The molecule has 0 spiro atoms. The highest BCUT2D eigenvalue weighted by molar-refractivity contribution is 7.75. The van der Waals surface area contributed by atoms with Gasteiger partial charge in [0.1, 0.15) is 0 Å². The third kappa shape index (κ3) is 4.90. The third-order valence-electron chi connectivity index (χ3n) is 3.56. The van der Waals surface area contributed by atoms with Crippen molar-refractivity contribution in [2.24, 2.45) is 4.36 Å². The van der Waals surface area contributed by atoms with Crippen LogP contribution < -0.4 is 0 Å². The van der Waals surface area contributed by atoms with Crippen LogP contribution >= 0.6 is 0 Å². The number of aromatic nitrogens is 1. The lowest BCUT2D eigenvalue weighted by Gasteiger charge is -2.04. The monoisotopic (exact) mass is 389 g/mol. The Morgan fingerprint density at radius 1 is 0.893 bits per heavy atom. The largest absolute Gasteiger partial charge is 0.478 e. The summed E-state index contributed by atoms with van der Waals surface area (Å²) in [4.78, 5) is 27.7. The van der Waals surface area contributed by atoms with Gasteiger partial charge in [-0.1, -0.05) is 53.1 Å². The summed E-state index contributed by atoms with van der Waals surface area (Å²) in [7, 11) is -1.81. The molecular formula is C21H13N2O4S-. The quantitative estimate of drug-likeness (QED) is 0.546. The molecule has 1 aromatic heterocycles. The van der Waals surface area contributed by atoms with Crippen LogP contribution in [0.3, 0.4) is 0 Å². The minimum atomic E-state index is -1.81. The van der Waals surface area contributed by atoms with Gasteiger partial charge >= 0.3 is 5.97 Å². The minimum absolute atomic E-state index is 0.135. The number of carboxylic acids is 1. The van der Waals surface area contributed by atoms with Gasteiger partial charge in [-0.15, -0.1) is 0 Å². The molecule has 0 aliphatic carbocycles. The summed E-state index contributed by atoms with van der Waals surface area (Å²) in [5.74, 6) is 3.97. The number of aromatic carboxylic acids is 1. The number of hydrogen-bond donors (Lipinski definition) is 1. The molecule has 0 saturated carbocycles. The van der Waals surface area contributed by atoms with Gasteiger partial charge in [0.2, 0.25) is 0 Å². The smallest absolute Gasteiger partial charge is 0.335 e. The Bertz CT molecular complexity index is 1190. The lowest BCUT2D eigenvalue weighted by atomic mass is 10.1. The van der Waals surface area contributed by atoms with Crippen LogP contribution in [0.2, 0.25) is 0 Å². The average molecular weight is 389 g/mol.